The van der Waals surface area contributed by atoms with Gasteiger partial charge in [-0.05, 0) is 47.9 Å². The Labute approximate surface area is 157 Å². The third kappa shape index (κ3) is 3.56. The van der Waals surface area contributed by atoms with E-state index in [1.807, 2.05) is 35.2 Å². The van der Waals surface area contributed by atoms with Crippen LogP contribution in [0.25, 0.3) is 0 Å². The Balaban J connectivity index is 1.69. The van der Waals surface area contributed by atoms with E-state index in [2.05, 4.69) is 23.5 Å². The molecule has 0 saturated carbocycles. The van der Waals surface area contributed by atoms with Crippen molar-refractivity contribution in [2.45, 2.75) is 19.0 Å². The molecule has 1 atom stereocenters. The number of nitriles is 1. The summed E-state index contributed by atoms with van der Waals surface area (Å²) in [4.78, 5) is 15.0. The highest BCUT2D eigenvalue weighted by Gasteiger charge is 2.30. The molecule has 27 heavy (non-hydrogen) atoms. The van der Waals surface area contributed by atoms with Gasteiger partial charge in [-0.1, -0.05) is 30.3 Å². The number of anilines is 1. The van der Waals surface area contributed by atoms with E-state index >= 15 is 0 Å². The van der Waals surface area contributed by atoms with Crippen LogP contribution in [0.3, 0.4) is 0 Å². The lowest BCUT2D eigenvalue weighted by Gasteiger charge is -2.29. The Hall–Kier alpha value is -3.52. The minimum absolute atomic E-state index is 0.0389. The van der Waals surface area contributed by atoms with Gasteiger partial charge in [0.2, 0.25) is 0 Å². The van der Waals surface area contributed by atoms with Crippen LogP contribution in [0, 0.1) is 11.3 Å². The number of nitrogens with zero attached hydrogens (tertiary/aromatic N) is 2. The molecule has 5 heteroatoms. The predicted molar refractivity (Wildman–Crippen MR) is 102 cm³/mol. The topological polar surface area (TPSA) is 69.3 Å². The second-order valence-electron chi connectivity index (χ2n) is 6.62. The van der Waals surface area contributed by atoms with Crippen molar-refractivity contribution in [2.75, 3.05) is 11.9 Å². The molecule has 0 aliphatic carbocycles. The summed E-state index contributed by atoms with van der Waals surface area (Å²) in [5.74, 6) is 0.186. The van der Waals surface area contributed by atoms with Crippen LogP contribution >= 0.6 is 0 Å². The highest BCUT2D eigenvalue weighted by Crippen LogP contribution is 2.26. The van der Waals surface area contributed by atoms with Gasteiger partial charge in [-0.25, -0.2) is 0 Å². The molecule has 1 unspecified atom stereocenters. The van der Waals surface area contributed by atoms with Crippen molar-refractivity contribution in [1.82, 2.24) is 4.90 Å². The standard InChI is InChI=1S/C22H19N3O2/c23-13-17-8-9-20-18(11-17)15-25(22(26)21-7-4-10-27-21)19(14-24-20)12-16-5-2-1-3-6-16/h1-11,19,24H,12,14-15H2. The first-order valence-corrected chi connectivity index (χ1v) is 8.90. The molecule has 0 spiro atoms. The summed E-state index contributed by atoms with van der Waals surface area (Å²) >= 11 is 0. The fourth-order valence-electron chi connectivity index (χ4n) is 3.47. The molecule has 1 N–H and O–H groups in total. The number of nitrogens with one attached hydrogen (secondary N) is 1. The van der Waals surface area contributed by atoms with Gasteiger partial charge in [0.1, 0.15) is 0 Å². The predicted octanol–water partition coefficient (Wildman–Crippen LogP) is 3.83. The largest absolute Gasteiger partial charge is 0.459 e. The van der Waals surface area contributed by atoms with Crippen LogP contribution in [-0.2, 0) is 13.0 Å². The van der Waals surface area contributed by atoms with Gasteiger partial charge in [0.15, 0.2) is 5.76 Å². The molecule has 5 nitrogen and oxygen atoms in total. The van der Waals surface area contributed by atoms with Crippen LogP contribution in [0.5, 0.6) is 0 Å². The number of carbonyl (C=O) groups excluding carboxylic acids is 1. The van der Waals surface area contributed by atoms with E-state index in [1.165, 1.54) is 11.8 Å². The van der Waals surface area contributed by atoms with E-state index < -0.39 is 0 Å². The normalized spacial score (nSPS) is 16.0. The molecule has 2 heterocycles. The van der Waals surface area contributed by atoms with Crippen molar-refractivity contribution in [3.05, 3.63) is 89.4 Å². The third-order valence-electron chi connectivity index (χ3n) is 4.85. The van der Waals surface area contributed by atoms with Crippen LogP contribution < -0.4 is 5.32 Å². The fourth-order valence-corrected chi connectivity index (χ4v) is 3.47. The van der Waals surface area contributed by atoms with Gasteiger partial charge in [-0.3, -0.25) is 4.79 Å². The highest BCUT2D eigenvalue weighted by atomic mass is 16.3. The second kappa shape index (κ2) is 7.38. The summed E-state index contributed by atoms with van der Waals surface area (Å²) in [6.07, 6.45) is 2.25. The van der Waals surface area contributed by atoms with Crippen LogP contribution in [0.2, 0.25) is 0 Å². The Morgan fingerprint density at radius 2 is 2.04 bits per heavy atom. The van der Waals surface area contributed by atoms with Crippen molar-refractivity contribution in [3.63, 3.8) is 0 Å². The number of fused-ring (bicyclic) bond motifs is 1. The summed E-state index contributed by atoms with van der Waals surface area (Å²) in [7, 11) is 0. The lowest BCUT2D eigenvalue weighted by molar-refractivity contribution is 0.0642. The van der Waals surface area contributed by atoms with E-state index in [-0.39, 0.29) is 11.9 Å². The minimum atomic E-state index is -0.141. The van der Waals surface area contributed by atoms with Crippen molar-refractivity contribution < 1.29 is 9.21 Å². The molecule has 2 aromatic carbocycles. The summed E-state index contributed by atoms with van der Waals surface area (Å²) in [6, 6.07) is 21.2. The number of hydrogen-bond acceptors (Lipinski definition) is 4. The first-order chi connectivity index (χ1) is 13.2. The zero-order valence-corrected chi connectivity index (χ0v) is 14.8. The first kappa shape index (κ1) is 16.9. The molecule has 1 amide bonds. The number of benzene rings is 2. The van der Waals surface area contributed by atoms with E-state index in [1.54, 1.807) is 18.2 Å². The molecule has 0 fully saturated rings. The van der Waals surface area contributed by atoms with Gasteiger partial charge in [0.05, 0.1) is 23.9 Å². The summed E-state index contributed by atoms with van der Waals surface area (Å²) in [6.45, 7) is 1.05. The monoisotopic (exact) mass is 357 g/mol. The molecule has 1 aliphatic rings. The van der Waals surface area contributed by atoms with Crippen molar-refractivity contribution in [3.8, 4) is 6.07 Å². The summed E-state index contributed by atoms with van der Waals surface area (Å²) < 4.78 is 5.36. The number of carbonyl (C=O) groups is 1. The van der Waals surface area contributed by atoms with Crippen LogP contribution in [0.15, 0.2) is 71.3 Å². The van der Waals surface area contributed by atoms with Crippen molar-refractivity contribution in [2.24, 2.45) is 0 Å². The third-order valence-corrected chi connectivity index (χ3v) is 4.85. The Kier molecular flexibility index (Phi) is 4.63. The smallest absolute Gasteiger partial charge is 0.290 e. The number of rotatable bonds is 3. The number of amides is 1. The summed E-state index contributed by atoms with van der Waals surface area (Å²) in [5, 5.41) is 12.7. The molecular formula is C22H19N3O2. The molecule has 1 aromatic heterocycles. The quantitative estimate of drug-likeness (QED) is 0.773. The van der Waals surface area contributed by atoms with E-state index in [4.69, 9.17) is 4.42 Å². The fraction of sp³-hybridized carbons (Fsp3) is 0.182. The Morgan fingerprint density at radius 3 is 2.78 bits per heavy atom. The Bertz CT molecular complexity index is 975. The average molecular weight is 357 g/mol. The van der Waals surface area contributed by atoms with Gasteiger partial charge in [-0.2, -0.15) is 5.26 Å². The van der Waals surface area contributed by atoms with Crippen LogP contribution in [0.4, 0.5) is 5.69 Å². The molecule has 0 saturated heterocycles. The van der Waals surface area contributed by atoms with Crippen molar-refractivity contribution in [1.29, 1.82) is 5.26 Å². The SMILES string of the molecule is N#Cc1ccc2c(c1)CN(C(=O)c1ccco1)C(Cc1ccccc1)CN2. The lowest BCUT2D eigenvalue weighted by Crippen LogP contribution is -2.43. The van der Waals surface area contributed by atoms with Crippen LogP contribution in [0.1, 0.15) is 27.2 Å². The van der Waals surface area contributed by atoms with E-state index in [0.29, 0.717) is 24.4 Å². The first-order valence-electron chi connectivity index (χ1n) is 8.90. The zero-order valence-electron chi connectivity index (χ0n) is 14.8. The average Bonchev–Trinajstić information content (AvgIpc) is 3.19. The molecule has 4 rings (SSSR count). The van der Waals surface area contributed by atoms with E-state index in [0.717, 1.165) is 17.7 Å². The van der Waals surface area contributed by atoms with Gasteiger partial charge in [0, 0.05) is 18.8 Å². The van der Waals surface area contributed by atoms with Crippen molar-refractivity contribution >= 4 is 11.6 Å². The zero-order chi connectivity index (χ0) is 18.6. The second-order valence-corrected chi connectivity index (χ2v) is 6.62. The minimum Gasteiger partial charge on any atom is -0.459 e. The number of furan rings is 1. The molecular weight excluding hydrogens is 338 g/mol. The molecule has 0 radical (unpaired) electrons. The van der Waals surface area contributed by atoms with Gasteiger partial charge in [0.25, 0.3) is 5.91 Å². The molecule has 1 aliphatic heterocycles. The summed E-state index contributed by atoms with van der Waals surface area (Å²) in [5.41, 5.74) is 3.65. The molecule has 0 bridgehead atoms. The maximum atomic E-state index is 13.1. The van der Waals surface area contributed by atoms with Gasteiger partial charge < -0.3 is 14.6 Å². The van der Waals surface area contributed by atoms with Crippen LogP contribution in [-0.4, -0.2) is 23.4 Å². The Morgan fingerprint density at radius 1 is 1.19 bits per heavy atom. The number of hydrogen-bond donors (Lipinski definition) is 1. The molecule has 134 valence electrons. The van der Waals surface area contributed by atoms with E-state index in [9.17, 15) is 10.1 Å². The lowest BCUT2D eigenvalue weighted by atomic mass is 10.0. The highest BCUT2D eigenvalue weighted by molar-refractivity contribution is 5.92. The maximum absolute atomic E-state index is 13.1. The molecule has 3 aromatic rings. The van der Waals surface area contributed by atoms with Gasteiger partial charge >= 0.3 is 0 Å². The maximum Gasteiger partial charge on any atom is 0.290 e. The van der Waals surface area contributed by atoms with Gasteiger partial charge in [-0.15, -0.1) is 0 Å².